The summed E-state index contributed by atoms with van der Waals surface area (Å²) in [7, 11) is 0. The summed E-state index contributed by atoms with van der Waals surface area (Å²) in [5.41, 5.74) is 3.66. The first-order valence-electron chi connectivity index (χ1n) is 7.75. The Bertz CT molecular complexity index is 1010. The second-order valence-electron chi connectivity index (χ2n) is 5.39. The number of hydrogen-bond donors (Lipinski definition) is 1. The molecule has 0 radical (unpaired) electrons. The highest BCUT2D eigenvalue weighted by atomic mass is 15.3. The Labute approximate surface area is 137 Å². The molecule has 0 aliphatic rings. The largest absolute Gasteiger partial charge is 0.336 e. The highest BCUT2D eigenvalue weighted by molar-refractivity contribution is 5.88. The number of fused-ring (bicyclic) bond motifs is 1. The van der Waals surface area contributed by atoms with Crippen molar-refractivity contribution in [1.29, 1.82) is 0 Å². The molecule has 0 spiro atoms. The maximum Gasteiger partial charge on any atom is 0.183 e. The van der Waals surface area contributed by atoms with E-state index in [1.54, 1.807) is 12.4 Å². The standard InChI is InChI=1S/C15H17N9/c1-3-22-7-10(5-18-22)12-13-15(24(16)9-17-13)21-14(20-12)11-6-19-23(4-2)8-11/h5-9H,3-4,16H2,1-2H3. The van der Waals surface area contributed by atoms with Crippen molar-refractivity contribution in [2.24, 2.45) is 0 Å². The van der Waals surface area contributed by atoms with Crippen LogP contribution in [0.1, 0.15) is 13.8 Å². The molecule has 4 aromatic heterocycles. The summed E-state index contributed by atoms with van der Waals surface area (Å²) in [5, 5.41) is 8.61. The van der Waals surface area contributed by atoms with Gasteiger partial charge in [0.15, 0.2) is 11.5 Å². The molecule has 122 valence electrons. The lowest BCUT2D eigenvalue weighted by atomic mass is 10.2. The van der Waals surface area contributed by atoms with Gasteiger partial charge in [0.25, 0.3) is 0 Å². The van der Waals surface area contributed by atoms with Crippen LogP contribution in [0.3, 0.4) is 0 Å². The number of rotatable bonds is 4. The topological polar surface area (TPSA) is 105 Å². The van der Waals surface area contributed by atoms with Gasteiger partial charge in [-0.15, -0.1) is 0 Å². The van der Waals surface area contributed by atoms with Gasteiger partial charge in [0.2, 0.25) is 0 Å². The third-order valence-electron chi connectivity index (χ3n) is 3.87. The van der Waals surface area contributed by atoms with Crippen LogP contribution in [-0.4, -0.2) is 39.2 Å². The lowest BCUT2D eigenvalue weighted by Crippen LogP contribution is -2.07. The molecular formula is C15H17N9. The number of hydrogen-bond acceptors (Lipinski definition) is 6. The summed E-state index contributed by atoms with van der Waals surface area (Å²) in [4.78, 5) is 13.6. The molecular weight excluding hydrogens is 306 g/mol. The minimum Gasteiger partial charge on any atom is -0.336 e. The highest BCUT2D eigenvalue weighted by Crippen LogP contribution is 2.27. The van der Waals surface area contributed by atoms with Crippen LogP contribution in [0.15, 0.2) is 31.1 Å². The first-order chi connectivity index (χ1) is 11.7. The Morgan fingerprint density at radius 1 is 0.958 bits per heavy atom. The van der Waals surface area contributed by atoms with E-state index < -0.39 is 0 Å². The van der Waals surface area contributed by atoms with Gasteiger partial charge in [0.05, 0.1) is 18.0 Å². The molecule has 0 fully saturated rings. The van der Waals surface area contributed by atoms with Gasteiger partial charge in [0.1, 0.15) is 17.5 Å². The quantitative estimate of drug-likeness (QED) is 0.568. The van der Waals surface area contributed by atoms with Crippen molar-refractivity contribution in [2.45, 2.75) is 26.9 Å². The average Bonchev–Trinajstić information content (AvgIpc) is 3.34. The summed E-state index contributed by atoms with van der Waals surface area (Å²) in [6.45, 7) is 5.63. The van der Waals surface area contributed by atoms with E-state index in [0.29, 0.717) is 22.7 Å². The van der Waals surface area contributed by atoms with Crippen LogP contribution in [0.5, 0.6) is 0 Å². The third-order valence-corrected chi connectivity index (χ3v) is 3.87. The van der Waals surface area contributed by atoms with E-state index in [2.05, 4.69) is 20.2 Å². The van der Waals surface area contributed by atoms with Crippen molar-refractivity contribution in [2.75, 3.05) is 5.84 Å². The van der Waals surface area contributed by atoms with Crippen LogP contribution in [-0.2, 0) is 13.1 Å². The molecule has 4 rings (SSSR count). The number of nitrogens with zero attached hydrogens (tertiary/aromatic N) is 8. The molecule has 0 unspecified atom stereocenters. The number of aromatic nitrogens is 8. The Morgan fingerprint density at radius 3 is 2.29 bits per heavy atom. The lowest BCUT2D eigenvalue weighted by molar-refractivity contribution is 0.660. The van der Waals surface area contributed by atoms with Gasteiger partial charge in [-0.1, -0.05) is 0 Å². The molecule has 9 nitrogen and oxygen atoms in total. The molecule has 0 aliphatic carbocycles. The Kier molecular flexibility index (Phi) is 3.26. The first kappa shape index (κ1) is 14.4. The second kappa shape index (κ2) is 5.44. The van der Waals surface area contributed by atoms with Gasteiger partial charge in [-0.2, -0.15) is 10.2 Å². The summed E-state index contributed by atoms with van der Waals surface area (Å²) < 4.78 is 5.08. The third kappa shape index (κ3) is 2.21. The number of imidazole rings is 1. The van der Waals surface area contributed by atoms with E-state index in [9.17, 15) is 0 Å². The zero-order chi connectivity index (χ0) is 16.7. The van der Waals surface area contributed by atoms with Crippen LogP contribution >= 0.6 is 0 Å². The van der Waals surface area contributed by atoms with E-state index in [1.807, 2.05) is 35.6 Å². The van der Waals surface area contributed by atoms with Gasteiger partial charge in [-0.05, 0) is 13.8 Å². The molecule has 2 N–H and O–H groups in total. The van der Waals surface area contributed by atoms with Gasteiger partial charge >= 0.3 is 0 Å². The molecule has 0 saturated heterocycles. The predicted molar refractivity (Wildman–Crippen MR) is 89.3 cm³/mol. The summed E-state index contributed by atoms with van der Waals surface area (Å²) in [6.07, 6.45) is 8.92. The zero-order valence-electron chi connectivity index (χ0n) is 13.5. The van der Waals surface area contributed by atoms with Crippen molar-refractivity contribution in [3.63, 3.8) is 0 Å². The van der Waals surface area contributed by atoms with Gasteiger partial charge < -0.3 is 5.84 Å². The Balaban J connectivity index is 1.94. The number of nitrogens with two attached hydrogens (primary N) is 1. The van der Waals surface area contributed by atoms with Gasteiger partial charge in [-0.25, -0.2) is 19.6 Å². The summed E-state index contributed by atoms with van der Waals surface area (Å²) in [5.74, 6) is 6.52. The first-order valence-corrected chi connectivity index (χ1v) is 7.75. The molecule has 0 saturated carbocycles. The number of aryl methyl sites for hydroxylation is 2. The molecule has 4 heterocycles. The van der Waals surface area contributed by atoms with Crippen LogP contribution in [0.2, 0.25) is 0 Å². The molecule has 0 aliphatic heterocycles. The zero-order valence-corrected chi connectivity index (χ0v) is 13.5. The average molecular weight is 323 g/mol. The summed E-state index contributed by atoms with van der Waals surface area (Å²) in [6, 6.07) is 0. The molecule has 0 amide bonds. The van der Waals surface area contributed by atoms with E-state index in [-0.39, 0.29) is 0 Å². The molecule has 9 heteroatoms. The van der Waals surface area contributed by atoms with Crippen LogP contribution < -0.4 is 5.84 Å². The van der Waals surface area contributed by atoms with Crippen molar-refractivity contribution in [3.8, 4) is 22.6 Å². The normalized spacial score (nSPS) is 11.4. The van der Waals surface area contributed by atoms with Crippen molar-refractivity contribution in [3.05, 3.63) is 31.1 Å². The van der Waals surface area contributed by atoms with Crippen molar-refractivity contribution in [1.82, 2.24) is 39.2 Å². The molecule has 0 aromatic carbocycles. The SMILES string of the molecule is CCn1cc(-c2nc(-c3cnn(CC)c3)c3ncn(N)c3n2)cn1. The van der Waals surface area contributed by atoms with E-state index in [4.69, 9.17) is 10.8 Å². The van der Waals surface area contributed by atoms with Crippen molar-refractivity contribution < 1.29 is 0 Å². The predicted octanol–water partition coefficient (Wildman–Crippen LogP) is 1.31. The van der Waals surface area contributed by atoms with Crippen LogP contribution in [0.25, 0.3) is 33.8 Å². The molecule has 0 atom stereocenters. The minimum atomic E-state index is 0.564. The fourth-order valence-corrected chi connectivity index (χ4v) is 2.56. The lowest BCUT2D eigenvalue weighted by Gasteiger charge is -2.03. The van der Waals surface area contributed by atoms with Crippen molar-refractivity contribution >= 4 is 11.2 Å². The fourth-order valence-electron chi connectivity index (χ4n) is 2.56. The Hall–Kier alpha value is -3.23. The fraction of sp³-hybridized carbons (Fsp3) is 0.267. The monoisotopic (exact) mass is 323 g/mol. The van der Waals surface area contributed by atoms with Gasteiger partial charge in [-0.3, -0.25) is 9.36 Å². The maximum absolute atomic E-state index is 5.96. The molecule has 4 aromatic rings. The van der Waals surface area contributed by atoms with Gasteiger partial charge in [0, 0.05) is 31.0 Å². The maximum atomic E-state index is 5.96. The minimum absolute atomic E-state index is 0.564. The van der Waals surface area contributed by atoms with E-state index in [1.165, 1.54) is 11.0 Å². The smallest absolute Gasteiger partial charge is 0.183 e. The highest BCUT2D eigenvalue weighted by Gasteiger charge is 2.17. The Morgan fingerprint density at radius 2 is 1.62 bits per heavy atom. The van der Waals surface area contributed by atoms with Crippen LogP contribution in [0, 0.1) is 0 Å². The van der Waals surface area contributed by atoms with Crippen LogP contribution in [0.4, 0.5) is 0 Å². The van der Waals surface area contributed by atoms with E-state index in [0.717, 1.165) is 24.2 Å². The summed E-state index contributed by atoms with van der Waals surface area (Å²) >= 11 is 0. The second-order valence-corrected chi connectivity index (χ2v) is 5.39. The van der Waals surface area contributed by atoms with E-state index >= 15 is 0 Å². The number of nitrogen functional groups attached to an aromatic ring is 1. The molecule has 0 bridgehead atoms. The molecule has 24 heavy (non-hydrogen) atoms.